The minimum atomic E-state index is 0.655. The molecule has 0 unspecified atom stereocenters. The van der Waals surface area contributed by atoms with Crippen LogP contribution < -0.4 is 0 Å². The number of aromatic amines is 1. The summed E-state index contributed by atoms with van der Waals surface area (Å²) in [5, 5.41) is 1.22. The van der Waals surface area contributed by atoms with Crippen LogP contribution in [0.15, 0.2) is 89.3 Å². The van der Waals surface area contributed by atoms with E-state index in [2.05, 4.69) is 54.4 Å². The van der Waals surface area contributed by atoms with E-state index in [0.29, 0.717) is 6.42 Å². The molecule has 1 N–H and O–H groups in total. The van der Waals surface area contributed by atoms with Crippen molar-refractivity contribution in [3.05, 3.63) is 102 Å². The van der Waals surface area contributed by atoms with Crippen LogP contribution >= 0.6 is 0 Å². The van der Waals surface area contributed by atoms with Crippen molar-refractivity contribution >= 4 is 10.9 Å². The summed E-state index contributed by atoms with van der Waals surface area (Å²) in [6.45, 7) is 2.11. The summed E-state index contributed by atoms with van der Waals surface area (Å²) in [7, 11) is 0. The summed E-state index contributed by atoms with van der Waals surface area (Å²) in [6.07, 6.45) is 0.655. The number of hydrogen-bond acceptors (Lipinski definition) is 2. The highest BCUT2D eigenvalue weighted by molar-refractivity contribution is 5.85. The summed E-state index contributed by atoms with van der Waals surface area (Å²) in [5.41, 5.74) is 6.52. The quantitative estimate of drug-likeness (QED) is 0.401. The molecule has 3 heteroatoms. The number of rotatable bonds is 4. The second-order valence-corrected chi connectivity index (χ2v) is 6.97. The van der Waals surface area contributed by atoms with E-state index in [4.69, 9.17) is 9.40 Å². The summed E-state index contributed by atoms with van der Waals surface area (Å²) in [4.78, 5) is 8.36. The van der Waals surface area contributed by atoms with Crippen molar-refractivity contribution < 1.29 is 4.42 Å². The van der Waals surface area contributed by atoms with Crippen LogP contribution in [0.25, 0.3) is 33.5 Å². The zero-order valence-corrected chi connectivity index (χ0v) is 15.6. The molecule has 0 aliphatic heterocycles. The van der Waals surface area contributed by atoms with Crippen molar-refractivity contribution in [3.63, 3.8) is 0 Å². The summed E-state index contributed by atoms with van der Waals surface area (Å²) < 4.78 is 6.31. The van der Waals surface area contributed by atoms with E-state index < -0.39 is 0 Å². The smallest absolute Gasteiger partial charge is 0.200 e. The van der Waals surface area contributed by atoms with E-state index in [1.165, 1.54) is 10.9 Å². The van der Waals surface area contributed by atoms with Gasteiger partial charge in [0.1, 0.15) is 5.69 Å². The van der Waals surface area contributed by atoms with Gasteiger partial charge < -0.3 is 9.40 Å². The molecule has 2 heterocycles. The van der Waals surface area contributed by atoms with Crippen molar-refractivity contribution in [2.45, 2.75) is 13.3 Å². The van der Waals surface area contributed by atoms with Gasteiger partial charge in [0.15, 0.2) is 11.7 Å². The third-order valence-electron chi connectivity index (χ3n) is 5.11. The lowest BCUT2D eigenvalue weighted by Gasteiger charge is -2.00. The van der Waals surface area contributed by atoms with Crippen LogP contribution in [0.2, 0.25) is 0 Å². The Hall–Kier alpha value is -3.59. The van der Waals surface area contributed by atoms with Gasteiger partial charge in [0, 0.05) is 27.7 Å². The lowest BCUT2D eigenvalue weighted by molar-refractivity contribution is 0.519. The molecule has 28 heavy (non-hydrogen) atoms. The third kappa shape index (κ3) is 2.91. The first-order valence-corrected chi connectivity index (χ1v) is 9.46. The Balaban J connectivity index is 1.63. The lowest BCUT2D eigenvalue weighted by Crippen LogP contribution is -1.90. The number of para-hydroxylation sites is 1. The van der Waals surface area contributed by atoms with E-state index in [0.717, 1.165) is 39.7 Å². The maximum absolute atomic E-state index is 6.31. The number of H-pyrrole nitrogens is 1. The summed E-state index contributed by atoms with van der Waals surface area (Å²) in [6, 6.07) is 28.8. The standard InChI is InChI=1S/C25H20N2O/c1-17-21(20-14-8-9-15-22(20)26-17)16-23-27-24(18-10-4-2-5-11-18)25(28-23)19-12-6-3-7-13-19/h2-15,26H,16H2,1H3. The molecule has 0 aliphatic rings. The van der Waals surface area contributed by atoms with Crippen LogP contribution in [-0.2, 0) is 6.42 Å². The molecule has 2 aromatic heterocycles. The number of oxazole rings is 1. The van der Waals surface area contributed by atoms with Gasteiger partial charge in [-0.1, -0.05) is 78.9 Å². The average Bonchev–Trinajstić information content (AvgIpc) is 3.31. The van der Waals surface area contributed by atoms with Crippen LogP contribution in [0.1, 0.15) is 17.1 Å². The molecule has 0 saturated heterocycles. The Morgan fingerprint density at radius 2 is 1.43 bits per heavy atom. The molecule has 0 fully saturated rings. The lowest BCUT2D eigenvalue weighted by atomic mass is 10.1. The zero-order valence-electron chi connectivity index (χ0n) is 15.6. The molecular formula is C25H20N2O. The summed E-state index contributed by atoms with van der Waals surface area (Å²) in [5.74, 6) is 1.55. The highest BCUT2D eigenvalue weighted by atomic mass is 16.4. The number of hydrogen-bond donors (Lipinski definition) is 1. The van der Waals surface area contributed by atoms with E-state index in [-0.39, 0.29) is 0 Å². The van der Waals surface area contributed by atoms with Gasteiger partial charge in [-0.05, 0) is 18.6 Å². The second-order valence-electron chi connectivity index (χ2n) is 6.97. The van der Waals surface area contributed by atoms with Gasteiger partial charge in [-0.3, -0.25) is 0 Å². The van der Waals surface area contributed by atoms with Gasteiger partial charge in [0.05, 0.1) is 6.42 Å². The zero-order chi connectivity index (χ0) is 18.9. The molecule has 0 bridgehead atoms. The molecular weight excluding hydrogens is 344 g/mol. The number of nitrogens with one attached hydrogen (secondary N) is 1. The number of benzene rings is 3. The Morgan fingerprint density at radius 1 is 0.786 bits per heavy atom. The number of fused-ring (bicyclic) bond motifs is 1. The fourth-order valence-electron chi connectivity index (χ4n) is 3.73. The predicted octanol–water partition coefficient (Wildman–Crippen LogP) is 6.39. The Kier molecular flexibility index (Phi) is 4.06. The largest absolute Gasteiger partial charge is 0.440 e. The van der Waals surface area contributed by atoms with E-state index in [9.17, 15) is 0 Å². The third-order valence-corrected chi connectivity index (χ3v) is 5.11. The first kappa shape index (κ1) is 16.6. The minimum absolute atomic E-state index is 0.655. The van der Waals surface area contributed by atoms with Crippen LogP contribution in [0, 0.1) is 6.92 Å². The minimum Gasteiger partial charge on any atom is -0.440 e. The fourth-order valence-corrected chi connectivity index (χ4v) is 3.73. The normalized spacial score (nSPS) is 11.2. The number of aromatic nitrogens is 2. The topological polar surface area (TPSA) is 41.8 Å². The Morgan fingerprint density at radius 3 is 2.18 bits per heavy atom. The fraction of sp³-hybridized carbons (Fsp3) is 0.0800. The monoisotopic (exact) mass is 364 g/mol. The van der Waals surface area contributed by atoms with Crippen molar-refractivity contribution in [1.29, 1.82) is 0 Å². The molecule has 0 radical (unpaired) electrons. The Labute approximate surface area is 163 Å². The van der Waals surface area contributed by atoms with Gasteiger partial charge in [0.2, 0.25) is 0 Å². The molecule has 3 nitrogen and oxygen atoms in total. The van der Waals surface area contributed by atoms with Crippen LogP contribution in [0.3, 0.4) is 0 Å². The first-order chi connectivity index (χ1) is 13.8. The van der Waals surface area contributed by atoms with Crippen LogP contribution in [0.4, 0.5) is 0 Å². The van der Waals surface area contributed by atoms with Crippen molar-refractivity contribution in [3.8, 4) is 22.6 Å². The average molecular weight is 364 g/mol. The van der Waals surface area contributed by atoms with Crippen molar-refractivity contribution in [1.82, 2.24) is 9.97 Å². The highest BCUT2D eigenvalue weighted by Crippen LogP contribution is 2.34. The second kappa shape index (κ2) is 6.86. The molecule has 0 atom stereocenters. The molecule has 0 amide bonds. The first-order valence-electron chi connectivity index (χ1n) is 9.46. The van der Waals surface area contributed by atoms with E-state index >= 15 is 0 Å². The van der Waals surface area contributed by atoms with Crippen LogP contribution in [-0.4, -0.2) is 9.97 Å². The van der Waals surface area contributed by atoms with Gasteiger partial charge in [-0.2, -0.15) is 0 Å². The summed E-state index contributed by atoms with van der Waals surface area (Å²) >= 11 is 0. The molecule has 5 aromatic rings. The molecule has 5 rings (SSSR count). The molecule has 0 spiro atoms. The molecule has 0 aliphatic carbocycles. The van der Waals surface area contributed by atoms with Gasteiger partial charge in [-0.15, -0.1) is 0 Å². The predicted molar refractivity (Wildman–Crippen MR) is 113 cm³/mol. The molecule has 136 valence electrons. The number of aryl methyl sites for hydroxylation is 1. The SMILES string of the molecule is Cc1[nH]c2ccccc2c1Cc1nc(-c2ccccc2)c(-c2ccccc2)o1. The molecule has 0 saturated carbocycles. The van der Waals surface area contributed by atoms with E-state index in [1.807, 2.05) is 42.5 Å². The van der Waals surface area contributed by atoms with E-state index in [1.54, 1.807) is 0 Å². The highest BCUT2D eigenvalue weighted by Gasteiger charge is 2.18. The maximum Gasteiger partial charge on any atom is 0.200 e. The maximum atomic E-state index is 6.31. The molecule has 3 aromatic carbocycles. The van der Waals surface area contributed by atoms with Crippen molar-refractivity contribution in [2.75, 3.05) is 0 Å². The Bertz CT molecular complexity index is 1180. The number of nitrogens with zero attached hydrogens (tertiary/aromatic N) is 1. The van der Waals surface area contributed by atoms with Crippen LogP contribution in [0.5, 0.6) is 0 Å². The van der Waals surface area contributed by atoms with Gasteiger partial charge >= 0.3 is 0 Å². The van der Waals surface area contributed by atoms with Gasteiger partial charge in [-0.25, -0.2) is 4.98 Å². The van der Waals surface area contributed by atoms with Gasteiger partial charge in [0.25, 0.3) is 0 Å². The van der Waals surface area contributed by atoms with Crippen molar-refractivity contribution in [2.24, 2.45) is 0 Å².